The molecular weight excluding hydrogens is 332 g/mol. The second-order valence-electron chi connectivity index (χ2n) is 5.07. The van der Waals surface area contributed by atoms with Crippen LogP contribution in [0.1, 0.15) is 12.5 Å². The van der Waals surface area contributed by atoms with Crippen LogP contribution in [0.25, 0.3) is 0 Å². The summed E-state index contributed by atoms with van der Waals surface area (Å²) in [5, 5.41) is 6.09. The lowest BCUT2D eigenvalue weighted by molar-refractivity contribution is -0.126. The number of halogens is 2. The van der Waals surface area contributed by atoms with Gasteiger partial charge in [-0.3, -0.25) is 4.79 Å². The fraction of sp³-hybridized carbons (Fsp3) is 0.176. The lowest BCUT2D eigenvalue weighted by atomic mass is 10.2. The second-order valence-corrected chi connectivity index (χ2v) is 5.07. The normalized spacial score (nSPS) is 12.4. The Labute approximate surface area is 143 Å². The Hall–Kier alpha value is -3.16. The third-order valence-electron chi connectivity index (χ3n) is 3.25. The second kappa shape index (κ2) is 8.09. The maximum absolute atomic E-state index is 13.1. The van der Waals surface area contributed by atoms with E-state index < -0.39 is 23.6 Å². The Morgan fingerprint density at radius 1 is 1.16 bits per heavy atom. The summed E-state index contributed by atoms with van der Waals surface area (Å²) in [7, 11) is 1.54. The average molecular weight is 349 g/mol. The maximum atomic E-state index is 13.1. The Morgan fingerprint density at radius 3 is 2.44 bits per heavy atom. The summed E-state index contributed by atoms with van der Waals surface area (Å²) in [6.45, 7) is 1.44. The van der Waals surface area contributed by atoms with Gasteiger partial charge in [-0.25, -0.2) is 8.78 Å². The summed E-state index contributed by atoms with van der Waals surface area (Å²) in [5.41, 5.74) is 6.48. The SMILES string of the molecule is COc1ccc(/C(N)=N/OC(C)C(=O)Nc2ccc(F)c(F)c2)cc1. The number of carbonyl (C=O) groups excluding carboxylic acids is 1. The predicted molar refractivity (Wildman–Crippen MR) is 89.3 cm³/mol. The zero-order chi connectivity index (χ0) is 18.4. The Bertz CT molecular complexity index is 779. The van der Waals surface area contributed by atoms with E-state index in [0.29, 0.717) is 11.3 Å². The summed E-state index contributed by atoms with van der Waals surface area (Å²) in [6.07, 6.45) is -0.995. The van der Waals surface area contributed by atoms with Gasteiger partial charge in [0.2, 0.25) is 6.10 Å². The molecule has 0 bridgehead atoms. The van der Waals surface area contributed by atoms with Crippen LogP contribution in [0.5, 0.6) is 5.75 Å². The average Bonchev–Trinajstić information content (AvgIpc) is 2.62. The highest BCUT2D eigenvalue weighted by atomic mass is 19.2. The lowest BCUT2D eigenvalue weighted by Gasteiger charge is -2.11. The van der Waals surface area contributed by atoms with Crippen molar-refractivity contribution in [3.63, 3.8) is 0 Å². The molecule has 0 aromatic heterocycles. The highest BCUT2D eigenvalue weighted by Crippen LogP contribution is 2.14. The van der Waals surface area contributed by atoms with Crippen LogP contribution < -0.4 is 15.8 Å². The van der Waals surface area contributed by atoms with E-state index in [1.165, 1.54) is 13.0 Å². The molecule has 0 aliphatic carbocycles. The molecule has 2 aromatic carbocycles. The number of ether oxygens (including phenoxy) is 1. The summed E-state index contributed by atoms with van der Waals surface area (Å²) >= 11 is 0. The van der Waals surface area contributed by atoms with Gasteiger partial charge in [-0.2, -0.15) is 0 Å². The number of benzene rings is 2. The number of amides is 1. The minimum absolute atomic E-state index is 0.0788. The number of nitrogens with zero attached hydrogens (tertiary/aromatic N) is 1. The van der Waals surface area contributed by atoms with Gasteiger partial charge in [0.25, 0.3) is 5.91 Å². The molecule has 0 aliphatic rings. The number of rotatable bonds is 6. The van der Waals surface area contributed by atoms with Crippen molar-refractivity contribution >= 4 is 17.4 Å². The van der Waals surface area contributed by atoms with Crippen LogP contribution in [0.4, 0.5) is 14.5 Å². The smallest absolute Gasteiger partial charge is 0.267 e. The molecule has 0 radical (unpaired) electrons. The molecule has 0 spiro atoms. The predicted octanol–water partition coefficient (Wildman–Crippen LogP) is 2.64. The molecule has 0 aliphatic heterocycles. The van der Waals surface area contributed by atoms with Crippen LogP contribution in [-0.2, 0) is 9.63 Å². The first-order chi connectivity index (χ1) is 11.9. The van der Waals surface area contributed by atoms with Gasteiger partial charge in [0, 0.05) is 17.3 Å². The summed E-state index contributed by atoms with van der Waals surface area (Å²) < 4.78 is 31.0. The maximum Gasteiger partial charge on any atom is 0.267 e. The van der Waals surface area contributed by atoms with Crippen LogP contribution in [-0.4, -0.2) is 25.0 Å². The first-order valence-electron chi connectivity index (χ1n) is 7.30. The molecule has 1 atom stereocenters. The number of hydrogen-bond acceptors (Lipinski definition) is 4. The van der Waals surface area contributed by atoms with Gasteiger partial charge in [0.15, 0.2) is 17.5 Å². The van der Waals surface area contributed by atoms with E-state index in [0.717, 1.165) is 12.1 Å². The van der Waals surface area contributed by atoms with Crippen molar-refractivity contribution in [2.24, 2.45) is 10.9 Å². The number of methoxy groups -OCH3 is 1. The van der Waals surface area contributed by atoms with Gasteiger partial charge < -0.3 is 20.6 Å². The largest absolute Gasteiger partial charge is 0.497 e. The first kappa shape index (κ1) is 18.2. The minimum atomic E-state index is -1.06. The van der Waals surface area contributed by atoms with Crippen molar-refractivity contribution in [1.29, 1.82) is 0 Å². The van der Waals surface area contributed by atoms with Crippen LogP contribution >= 0.6 is 0 Å². The van der Waals surface area contributed by atoms with Gasteiger partial charge >= 0.3 is 0 Å². The van der Waals surface area contributed by atoms with E-state index in [1.54, 1.807) is 31.4 Å². The standard InChI is InChI=1S/C17H17F2N3O3/c1-10(17(23)21-12-5-8-14(18)15(19)9-12)25-22-16(20)11-3-6-13(24-2)7-4-11/h3-10H,1-2H3,(H2,20,22)(H,21,23). The molecule has 0 heterocycles. The molecule has 25 heavy (non-hydrogen) atoms. The molecular formula is C17H17F2N3O3. The number of carbonyl (C=O) groups is 1. The van der Waals surface area contributed by atoms with Gasteiger partial charge in [-0.15, -0.1) is 0 Å². The van der Waals surface area contributed by atoms with E-state index in [9.17, 15) is 13.6 Å². The molecule has 0 fully saturated rings. The van der Waals surface area contributed by atoms with Crippen LogP contribution in [0, 0.1) is 11.6 Å². The van der Waals surface area contributed by atoms with Gasteiger partial charge in [-0.1, -0.05) is 5.16 Å². The number of nitrogens with two attached hydrogens (primary N) is 1. The summed E-state index contributed by atoms with van der Waals surface area (Å²) in [6, 6.07) is 9.80. The monoisotopic (exact) mass is 349 g/mol. The van der Waals surface area contributed by atoms with Crippen molar-refractivity contribution < 1.29 is 23.1 Å². The van der Waals surface area contributed by atoms with Crippen molar-refractivity contribution in [2.75, 3.05) is 12.4 Å². The lowest BCUT2D eigenvalue weighted by Crippen LogP contribution is -2.27. The fourth-order valence-corrected chi connectivity index (χ4v) is 1.82. The zero-order valence-corrected chi connectivity index (χ0v) is 13.6. The van der Waals surface area contributed by atoms with Crippen molar-refractivity contribution in [3.8, 4) is 5.75 Å². The number of hydrogen-bond donors (Lipinski definition) is 2. The highest BCUT2D eigenvalue weighted by molar-refractivity contribution is 5.97. The highest BCUT2D eigenvalue weighted by Gasteiger charge is 2.15. The Balaban J connectivity index is 1.96. The fourth-order valence-electron chi connectivity index (χ4n) is 1.82. The van der Waals surface area contributed by atoms with Gasteiger partial charge in [0.1, 0.15) is 5.75 Å². The van der Waals surface area contributed by atoms with Crippen LogP contribution in [0.3, 0.4) is 0 Å². The number of oxime groups is 1. The first-order valence-corrected chi connectivity index (χ1v) is 7.30. The Kier molecular flexibility index (Phi) is 5.89. The van der Waals surface area contributed by atoms with Gasteiger partial charge in [0.05, 0.1) is 7.11 Å². The molecule has 3 N–H and O–H groups in total. The molecule has 6 nitrogen and oxygen atoms in total. The molecule has 1 amide bonds. The third kappa shape index (κ3) is 4.90. The summed E-state index contributed by atoms with van der Waals surface area (Å²) in [5.74, 6) is -1.91. The number of amidine groups is 1. The number of anilines is 1. The molecule has 0 saturated heterocycles. The van der Waals surface area contributed by atoms with E-state index >= 15 is 0 Å². The topological polar surface area (TPSA) is 85.9 Å². The van der Waals surface area contributed by atoms with Crippen LogP contribution in [0.15, 0.2) is 47.6 Å². The summed E-state index contributed by atoms with van der Waals surface area (Å²) in [4.78, 5) is 17.0. The molecule has 0 saturated carbocycles. The van der Waals surface area contributed by atoms with E-state index in [2.05, 4.69) is 10.5 Å². The molecule has 8 heteroatoms. The van der Waals surface area contributed by atoms with Gasteiger partial charge in [-0.05, 0) is 43.3 Å². The molecule has 2 rings (SSSR count). The van der Waals surface area contributed by atoms with E-state index in [4.69, 9.17) is 15.3 Å². The Morgan fingerprint density at radius 2 is 1.84 bits per heavy atom. The molecule has 132 valence electrons. The zero-order valence-electron chi connectivity index (χ0n) is 13.6. The number of nitrogens with one attached hydrogen (secondary N) is 1. The van der Waals surface area contributed by atoms with E-state index in [-0.39, 0.29) is 11.5 Å². The molecule has 1 unspecified atom stereocenters. The third-order valence-corrected chi connectivity index (χ3v) is 3.25. The van der Waals surface area contributed by atoms with Crippen molar-refractivity contribution in [3.05, 3.63) is 59.7 Å². The quantitative estimate of drug-likeness (QED) is 0.477. The molecule has 2 aromatic rings. The van der Waals surface area contributed by atoms with E-state index in [1.807, 2.05) is 0 Å². The van der Waals surface area contributed by atoms with Crippen LogP contribution in [0.2, 0.25) is 0 Å². The van der Waals surface area contributed by atoms with Crippen molar-refractivity contribution in [2.45, 2.75) is 13.0 Å². The minimum Gasteiger partial charge on any atom is -0.497 e. The van der Waals surface area contributed by atoms with Crippen molar-refractivity contribution in [1.82, 2.24) is 0 Å².